The van der Waals surface area contributed by atoms with Crippen molar-refractivity contribution in [2.24, 2.45) is 0 Å². The quantitative estimate of drug-likeness (QED) is 0.625. The van der Waals surface area contributed by atoms with Gasteiger partial charge in [-0.2, -0.15) is 0 Å². The van der Waals surface area contributed by atoms with Gasteiger partial charge in [0.1, 0.15) is 0 Å². The molecule has 6 heteroatoms. The average molecular weight is 325 g/mol. The first kappa shape index (κ1) is 13.5. The number of nitrogens with zero attached hydrogens (tertiary/aromatic N) is 2. The molecular weight excluding hydrogens is 315 g/mol. The number of rotatable bonds is 3. The van der Waals surface area contributed by atoms with E-state index in [1.165, 1.54) is 12.1 Å². The van der Waals surface area contributed by atoms with Crippen LogP contribution >= 0.6 is 15.9 Å². The summed E-state index contributed by atoms with van der Waals surface area (Å²) in [5.41, 5.74) is 0.814. The number of benzene rings is 2. The van der Waals surface area contributed by atoms with E-state index in [4.69, 9.17) is 0 Å². The van der Waals surface area contributed by atoms with Gasteiger partial charge < -0.3 is 4.90 Å². The molecule has 0 amide bonds. The molecule has 0 radical (unpaired) electrons. The first-order valence-corrected chi connectivity index (χ1v) is 6.21. The minimum absolute atomic E-state index is 0.259. The van der Waals surface area contributed by atoms with Crippen LogP contribution in [-0.4, -0.2) is 12.0 Å². The van der Waals surface area contributed by atoms with Crippen molar-refractivity contribution in [2.75, 3.05) is 11.9 Å². The standard InChI is InChI=1S/C13H10BrFN2O2/c1-16(10-4-2-9(14)3-5-10)13-7-6-11(17(18)19)8-12(13)15/h2-8H,1H3. The summed E-state index contributed by atoms with van der Waals surface area (Å²) >= 11 is 3.32. The molecule has 98 valence electrons. The number of non-ortho nitro benzene ring substituents is 1. The van der Waals surface area contributed by atoms with Crippen molar-refractivity contribution in [1.82, 2.24) is 0 Å². The van der Waals surface area contributed by atoms with Crippen LogP contribution in [0.4, 0.5) is 21.5 Å². The predicted molar refractivity (Wildman–Crippen MR) is 75.3 cm³/mol. The van der Waals surface area contributed by atoms with Gasteiger partial charge in [-0.1, -0.05) is 15.9 Å². The Morgan fingerprint density at radius 2 is 1.84 bits per heavy atom. The minimum atomic E-state index is -0.625. The summed E-state index contributed by atoms with van der Waals surface area (Å²) in [5, 5.41) is 10.6. The zero-order chi connectivity index (χ0) is 14.0. The average Bonchev–Trinajstić information content (AvgIpc) is 2.38. The summed E-state index contributed by atoms with van der Waals surface area (Å²) in [6, 6.07) is 10.9. The Hall–Kier alpha value is -1.95. The van der Waals surface area contributed by atoms with Gasteiger partial charge in [-0.25, -0.2) is 4.39 Å². The highest BCUT2D eigenvalue weighted by atomic mass is 79.9. The lowest BCUT2D eigenvalue weighted by molar-refractivity contribution is -0.385. The predicted octanol–water partition coefficient (Wildman–Crippen LogP) is 4.26. The maximum absolute atomic E-state index is 13.9. The third kappa shape index (κ3) is 2.90. The fraction of sp³-hybridized carbons (Fsp3) is 0.0769. The van der Waals surface area contributed by atoms with Crippen LogP contribution in [0.1, 0.15) is 0 Å². The van der Waals surface area contributed by atoms with Crippen molar-refractivity contribution >= 4 is 33.0 Å². The molecule has 0 saturated carbocycles. The van der Waals surface area contributed by atoms with Gasteiger partial charge in [0, 0.05) is 23.3 Å². The molecule has 0 aliphatic carbocycles. The van der Waals surface area contributed by atoms with Crippen molar-refractivity contribution < 1.29 is 9.31 Å². The molecule has 2 aromatic carbocycles. The second-order valence-corrected chi connectivity index (χ2v) is 4.84. The Kier molecular flexibility index (Phi) is 3.80. The molecular formula is C13H10BrFN2O2. The molecule has 19 heavy (non-hydrogen) atoms. The van der Waals surface area contributed by atoms with Gasteiger partial charge in [0.2, 0.25) is 0 Å². The van der Waals surface area contributed by atoms with Gasteiger partial charge in [0.15, 0.2) is 5.82 Å². The lowest BCUT2D eigenvalue weighted by atomic mass is 10.2. The van der Waals surface area contributed by atoms with E-state index in [0.717, 1.165) is 16.2 Å². The lowest BCUT2D eigenvalue weighted by Crippen LogP contribution is -2.11. The highest BCUT2D eigenvalue weighted by molar-refractivity contribution is 9.10. The maximum Gasteiger partial charge on any atom is 0.272 e. The molecule has 0 saturated heterocycles. The van der Waals surface area contributed by atoms with E-state index in [-0.39, 0.29) is 11.4 Å². The van der Waals surface area contributed by atoms with Crippen molar-refractivity contribution in [3.8, 4) is 0 Å². The minimum Gasteiger partial charge on any atom is -0.342 e. The smallest absolute Gasteiger partial charge is 0.272 e. The van der Waals surface area contributed by atoms with E-state index in [1.54, 1.807) is 11.9 Å². The summed E-state index contributed by atoms with van der Waals surface area (Å²) < 4.78 is 14.8. The molecule has 0 atom stereocenters. The molecule has 0 aromatic heterocycles. The molecule has 0 aliphatic rings. The molecule has 0 fully saturated rings. The number of nitro groups is 1. The number of hydrogen-bond donors (Lipinski definition) is 0. The normalized spacial score (nSPS) is 10.3. The Labute approximate surface area is 117 Å². The van der Waals surface area contributed by atoms with Gasteiger partial charge in [-0.15, -0.1) is 0 Å². The van der Waals surface area contributed by atoms with Crippen LogP contribution in [0.15, 0.2) is 46.9 Å². The Morgan fingerprint density at radius 1 is 1.21 bits per heavy atom. The van der Waals surface area contributed by atoms with Gasteiger partial charge >= 0.3 is 0 Å². The summed E-state index contributed by atoms with van der Waals surface area (Å²) in [7, 11) is 1.70. The van der Waals surface area contributed by atoms with Crippen LogP contribution in [0.25, 0.3) is 0 Å². The van der Waals surface area contributed by atoms with E-state index in [9.17, 15) is 14.5 Å². The summed E-state index contributed by atoms with van der Waals surface area (Å²) in [4.78, 5) is 11.6. The summed E-state index contributed by atoms with van der Waals surface area (Å²) in [6.07, 6.45) is 0. The summed E-state index contributed by atoms with van der Waals surface area (Å²) in [5.74, 6) is -0.625. The van der Waals surface area contributed by atoms with Crippen molar-refractivity contribution in [3.05, 3.63) is 62.9 Å². The van der Waals surface area contributed by atoms with Crippen LogP contribution in [0, 0.1) is 15.9 Å². The SMILES string of the molecule is CN(c1ccc(Br)cc1)c1ccc([N+](=O)[O-])cc1F. The van der Waals surface area contributed by atoms with E-state index in [1.807, 2.05) is 24.3 Å². The van der Waals surface area contributed by atoms with Crippen molar-refractivity contribution in [3.63, 3.8) is 0 Å². The van der Waals surface area contributed by atoms with Crippen LogP contribution in [0.2, 0.25) is 0 Å². The molecule has 0 spiro atoms. The van der Waals surface area contributed by atoms with E-state index in [0.29, 0.717) is 0 Å². The van der Waals surface area contributed by atoms with Crippen LogP contribution in [-0.2, 0) is 0 Å². The van der Waals surface area contributed by atoms with Crippen molar-refractivity contribution in [1.29, 1.82) is 0 Å². The second kappa shape index (κ2) is 5.36. The molecule has 0 heterocycles. The second-order valence-electron chi connectivity index (χ2n) is 3.93. The number of halogens is 2. The molecule has 0 unspecified atom stereocenters. The van der Waals surface area contributed by atoms with Gasteiger partial charge in [0.25, 0.3) is 5.69 Å². The Bertz CT molecular complexity index is 617. The van der Waals surface area contributed by atoms with Crippen LogP contribution in [0.3, 0.4) is 0 Å². The largest absolute Gasteiger partial charge is 0.342 e. The van der Waals surface area contributed by atoms with E-state index < -0.39 is 10.7 Å². The maximum atomic E-state index is 13.9. The molecule has 4 nitrogen and oxygen atoms in total. The Balaban J connectivity index is 2.36. The van der Waals surface area contributed by atoms with Gasteiger partial charge in [0.05, 0.1) is 16.7 Å². The van der Waals surface area contributed by atoms with Crippen LogP contribution in [0.5, 0.6) is 0 Å². The number of nitro benzene ring substituents is 1. The van der Waals surface area contributed by atoms with Gasteiger partial charge in [-0.3, -0.25) is 10.1 Å². The third-order valence-corrected chi connectivity index (χ3v) is 3.25. The monoisotopic (exact) mass is 324 g/mol. The van der Waals surface area contributed by atoms with E-state index >= 15 is 0 Å². The van der Waals surface area contributed by atoms with Crippen molar-refractivity contribution in [2.45, 2.75) is 0 Å². The van der Waals surface area contributed by atoms with Gasteiger partial charge in [-0.05, 0) is 30.3 Å². The zero-order valence-corrected chi connectivity index (χ0v) is 11.6. The molecule has 0 bridgehead atoms. The lowest BCUT2D eigenvalue weighted by Gasteiger charge is -2.20. The fourth-order valence-electron chi connectivity index (χ4n) is 1.69. The highest BCUT2D eigenvalue weighted by Gasteiger charge is 2.14. The number of hydrogen-bond acceptors (Lipinski definition) is 3. The Morgan fingerprint density at radius 3 is 2.37 bits per heavy atom. The topological polar surface area (TPSA) is 46.4 Å². The molecule has 0 N–H and O–H groups in total. The van der Waals surface area contributed by atoms with Crippen LogP contribution < -0.4 is 4.90 Å². The first-order valence-electron chi connectivity index (χ1n) is 5.42. The van der Waals surface area contributed by atoms with E-state index in [2.05, 4.69) is 15.9 Å². The molecule has 2 rings (SSSR count). The summed E-state index contributed by atoms with van der Waals surface area (Å²) in [6.45, 7) is 0. The molecule has 2 aromatic rings. The fourth-order valence-corrected chi connectivity index (χ4v) is 1.95. The number of anilines is 2. The third-order valence-electron chi connectivity index (χ3n) is 2.72. The first-order chi connectivity index (χ1) is 8.99. The highest BCUT2D eigenvalue weighted by Crippen LogP contribution is 2.29. The zero-order valence-electron chi connectivity index (χ0n) is 10.0. The molecule has 0 aliphatic heterocycles.